The van der Waals surface area contributed by atoms with Gasteiger partial charge in [0.1, 0.15) is 11.6 Å². The first kappa shape index (κ1) is 17.3. The third-order valence-corrected chi connectivity index (χ3v) is 4.54. The van der Waals surface area contributed by atoms with Crippen LogP contribution in [0.25, 0.3) is 11.0 Å². The average molecular weight is 308 g/mol. The summed E-state index contributed by atoms with van der Waals surface area (Å²) < 4.78 is 5.42. The molecule has 4 nitrogen and oxygen atoms in total. The van der Waals surface area contributed by atoms with Crippen LogP contribution >= 0.6 is 0 Å². The van der Waals surface area contributed by atoms with Crippen LogP contribution in [0.2, 0.25) is 0 Å². The number of carbonyl (C=O) groups excluding carboxylic acids is 2. The number of carboxylic acid groups (broad SMARTS) is 1. The molecule has 3 rings (SSSR count). The number of benzene rings is 1. The number of aromatic carboxylic acids is 1. The van der Waals surface area contributed by atoms with Crippen molar-refractivity contribution in [1.29, 1.82) is 0 Å². The summed E-state index contributed by atoms with van der Waals surface area (Å²) >= 11 is 0. The van der Waals surface area contributed by atoms with Gasteiger partial charge in [-0.15, -0.1) is 0 Å². The van der Waals surface area contributed by atoms with Crippen molar-refractivity contribution in [2.24, 2.45) is 5.92 Å². The van der Waals surface area contributed by atoms with Crippen LogP contribution in [0, 0.1) is 19.8 Å². The van der Waals surface area contributed by atoms with Gasteiger partial charge in [-0.1, -0.05) is 13.3 Å². The van der Waals surface area contributed by atoms with Gasteiger partial charge in [0.05, 0.1) is 0 Å². The van der Waals surface area contributed by atoms with Crippen LogP contribution < -0.4 is 34.7 Å². The molecule has 2 aromatic rings. The molecular formula is C17H17NaO4. The molecule has 0 N–H and O–H groups in total. The summed E-state index contributed by atoms with van der Waals surface area (Å²) in [7, 11) is 0. The molecule has 0 radical (unpaired) electrons. The number of carboxylic acids is 1. The van der Waals surface area contributed by atoms with E-state index in [0.29, 0.717) is 12.0 Å². The number of aryl methyl sites for hydroxylation is 1. The topological polar surface area (TPSA) is 70.3 Å². The van der Waals surface area contributed by atoms with Crippen LogP contribution in [-0.4, -0.2) is 11.8 Å². The summed E-state index contributed by atoms with van der Waals surface area (Å²) in [4.78, 5) is 23.6. The first-order chi connectivity index (χ1) is 9.95. The third-order valence-electron chi connectivity index (χ3n) is 4.54. The summed E-state index contributed by atoms with van der Waals surface area (Å²) in [5.74, 6) is -1.31. The summed E-state index contributed by atoms with van der Waals surface area (Å²) in [6.07, 6.45) is 2.49. The van der Waals surface area contributed by atoms with Crippen molar-refractivity contribution in [2.75, 3.05) is 0 Å². The Labute approximate surface area is 151 Å². The van der Waals surface area contributed by atoms with Gasteiger partial charge in [0.15, 0.2) is 11.5 Å². The van der Waals surface area contributed by atoms with E-state index in [1.54, 1.807) is 0 Å². The minimum Gasteiger partial charge on any atom is -0.542 e. The summed E-state index contributed by atoms with van der Waals surface area (Å²) in [5.41, 5.74) is 4.01. The molecule has 1 aromatic heterocycles. The number of hydrogen-bond donors (Lipinski definition) is 0. The Morgan fingerprint density at radius 1 is 1.36 bits per heavy atom. The molecule has 1 atom stereocenters. The fourth-order valence-electron chi connectivity index (χ4n) is 3.38. The van der Waals surface area contributed by atoms with E-state index in [4.69, 9.17) is 4.42 Å². The van der Waals surface area contributed by atoms with E-state index in [1.807, 2.05) is 13.8 Å². The van der Waals surface area contributed by atoms with E-state index >= 15 is 0 Å². The van der Waals surface area contributed by atoms with Gasteiger partial charge in [0.25, 0.3) is 0 Å². The molecule has 0 fully saturated rings. The maximum Gasteiger partial charge on any atom is 1.00 e. The molecule has 0 saturated heterocycles. The van der Waals surface area contributed by atoms with Crippen LogP contribution in [0.1, 0.15) is 57.4 Å². The molecule has 0 amide bonds. The first-order valence-corrected chi connectivity index (χ1v) is 7.26. The van der Waals surface area contributed by atoms with Crippen LogP contribution in [0.5, 0.6) is 0 Å². The van der Waals surface area contributed by atoms with Crippen molar-refractivity contribution in [3.8, 4) is 0 Å². The fourth-order valence-corrected chi connectivity index (χ4v) is 3.38. The maximum atomic E-state index is 12.6. The van der Waals surface area contributed by atoms with Gasteiger partial charge in [-0.05, 0) is 49.4 Å². The molecule has 5 heteroatoms. The molecule has 0 bridgehead atoms. The largest absolute Gasteiger partial charge is 1.00 e. The monoisotopic (exact) mass is 308 g/mol. The number of rotatable bonds is 3. The molecule has 1 aliphatic rings. The number of ketones is 1. The van der Waals surface area contributed by atoms with Gasteiger partial charge in [0.2, 0.25) is 0 Å². The molecule has 1 aromatic carbocycles. The molecule has 1 aliphatic carbocycles. The van der Waals surface area contributed by atoms with E-state index in [9.17, 15) is 14.7 Å². The van der Waals surface area contributed by atoms with Gasteiger partial charge in [-0.2, -0.15) is 0 Å². The van der Waals surface area contributed by atoms with E-state index in [1.165, 1.54) is 6.07 Å². The van der Waals surface area contributed by atoms with E-state index in [0.717, 1.165) is 40.5 Å². The molecule has 0 aliphatic heterocycles. The van der Waals surface area contributed by atoms with Crippen molar-refractivity contribution in [3.05, 3.63) is 34.1 Å². The Balaban J connectivity index is 0.00000176. The molecule has 1 heterocycles. The Morgan fingerprint density at radius 2 is 2.05 bits per heavy atom. The van der Waals surface area contributed by atoms with Gasteiger partial charge >= 0.3 is 29.6 Å². The molecular weight excluding hydrogens is 291 g/mol. The number of furan rings is 1. The zero-order valence-electron chi connectivity index (χ0n) is 13.4. The quantitative estimate of drug-likeness (QED) is 0.722. The second kappa shape index (κ2) is 6.19. The van der Waals surface area contributed by atoms with Crippen molar-refractivity contribution in [2.45, 2.75) is 40.0 Å². The van der Waals surface area contributed by atoms with Gasteiger partial charge < -0.3 is 14.3 Å². The van der Waals surface area contributed by atoms with E-state index in [2.05, 4.69) is 6.92 Å². The number of Topliss-reactive ketones (excluding diaryl/α,β-unsaturated/α-hetero) is 1. The Morgan fingerprint density at radius 3 is 2.64 bits per heavy atom. The van der Waals surface area contributed by atoms with Crippen molar-refractivity contribution >= 4 is 22.7 Å². The minimum absolute atomic E-state index is 0. The second-order valence-electron chi connectivity index (χ2n) is 5.80. The number of carbonyl (C=O) groups is 2. The first-order valence-electron chi connectivity index (χ1n) is 7.26. The summed E-state index contributed by atoms with van der Waals surface area (Å²) in [6.45, 7) is 5.83. The third kappa shape index (κ3) is 2.43. The van der Waals surface area contributed by atoms with Crippen molar-refractivity contribution in [3.63, 3.8) is 0 Å². The molecule has 0 spiro atoms. The zero-order valence-corrected chi connectivity index (χ0v) is 15.4. The normalized spacial score (nSPS) is 16.7. The molecule has 22 heavy (non-hydrogen) atoms. The Bertz CT molecular complexity index is 773. The van der Waals surface area contributed by atoms with Crippen LogP contribution in [0.4, 0.5) is 0 Å². The van der Waals surface area contributed by atoms with Crippen molar-refractivity contribution in [1.82, 2.24) is 0 Å². The Kier molecular flexibility index (Phi) is 4.85. The predicted octanol–water partition coefficient (Wildman–Crippen LogP) is -0.428. The summed E-state index contributed by atoms with van der Waals surface area (Å²) in [5, 5.41) is 11.8. The number of hydrogen-bond acceptors (Lipinski definition) is 4. The van der Waals surface area contributed by atoms with Gasteiger partial charge in [-0.3, -0.25) is 4.79 Å². The average Bonchev–Trinajstić information content (AvgIpc) is 3.00. The molecule has 1 unspecified atom stereocenters. The fraction of sp³-hybridized carbons (Fsp3) is 0.412. The Hall–Kier alpha value is -1.10. The molecule has 110 valence electrons. The van der Waals surface area contributed by atoms with Crippen LogP contribution in [-0.2, 0) is 6.42 Å². The van der Waals surface area contributed by atoms with E-state index in [-0.39, 0.29) is 47.0 Å². The predicted molar refractivity (Wildman–Crippen MR) is 76.5 cm³/mol. The second-order valence-corrected chi connectivity index (χ2v) is 5.80. The van der Waals surface area contributed by atoms with Crippen molar-refractivity contribution < 1.29 is 48.7 Å². The number of fused-ring (bicyclic) bond motifs is 3. The summed E-state index contributed by atoms with van der Waals surface area (Å²) in [6, 6.07) is 1.50. The maximum absolute atomic E-state index is 12.6. The SMILES string of the molecule is CCCC1Cc2c(c(C)c(C)c3oc(C(=O)[O-])cc23)C1=O.[Na+]. The van der Waals surface area contributed by atoms with E-state index < -0.39 is 5.97 Å². The van der Waals surface area contributed by atoms with Crippen LogP contribution in [0.3, 0.4) is 0 Å². The smallest absolute Gasteiger partial charge is 0.542 e. The standard InChI is InChI=1S/C17H18O4.Na/c1-4-5-10-6-11-12-7-13(17(19)20)21-16(12)9(3)8(2)14(11)15(10)18;/h7,10H,4-6H2,1-3H3,(H,19,20);/q;+1/p-1. The minimum atomic E-state index is -1.33. The zero-order chi connectivity index (χ0) is 15.3. The van der Waals surface area contributed by atoms with Gasteiger partial charge in [-0.25, -0.2) is 0 Å². The van der Waals surface area contributed by atoms with Crippen LogP contribution in [0.15, 0.2) is 10.5 Å². The van der Waals surface area contributed by atoms with Gasteiger partial charge in [0, 0.05) is 16.9 Å². The molecule has 0 saturated carbocycles.